The topological polar surface area (TPSA) is 44.5 Å². The van der Waals surface area contributed by atoms with Gasteiger partial charge in [-0.3, -0.25) is 0 Å². The van der Waals surface area contributed by atoms with Gasteiger partial charge in [-0.25, -0.2) is 0 Å². The third kappa shape index (κ3) is 4.09. The fourth-order valence-electron chi connectivity index (χ4n) is 2.07. The van der Waals surface area contributed by atoms with Crippen molar-refractivity contribution in [3.63, 3.8) is 0 Å². The van der Waals surface area contributed by atoms with E-state index in [1.54, 1.807) is 0 Å². The van der Waals surface area contributed by atoms with Crippen molar-refractivity contribution >= 4 is 0 Å². The molecular weight excluding hydrogens is 226 g/mol. The molecule has 0 fully saturated rings. The van der Waals surface area contributed by atoms with Crippen LogP contribution in [0, 0.1) is 0 Å². The molecule has 0 aliphatic rings. The number of hydrogen-bond acceptors (Lipinski definition) is 3. The molecule has 0 heterocycles. The van der Waals surface area contributed by atoms with Crippen molar-refractivity contribution < 1.29 is 9.47 Å². The Morgan fingerprint density at radius 1 is 1.11 bits per heavy atom. The average molecular weight is 251 g/mol. The van der Waals surface area contributed by atoms with Crippen LogP contribution in [0.2, 0.25) is 0 Å². The molecule has 0 saturated heterocycles. The molecular formula is C15H25NO2. The number of ether oxygens (including phenoxy) is 2. The van der Waals surface area contributed by atoms with E-state index in [1.807, 2.05) is 32.0 Å². The van der Waals surface area contributed by atoms with Crippen molar-refractivity contribution in [2.75, 3.05) is 19.8 Å². The van der Waals surface area contributed by atoms with Crippen LogP contribution in [0.5, 0.6) is 0 Å². The second-order valence-electron chi connectivity index (χ2n) is 4.68. The largest absolute Gasteiger partial charge is 0.353 e. The second-order valence-corrected chi connectivity index (χ2v) is 4.68. The highest BCUT2D eigenvalue weighted by Crippen LogP contribution is 2.29. The maximum Gasteiger partial charge on any atom is 0.158 e. The first-order valence-electron chi connectivity index (χ1n) is 6.65. The van der Waals surface area contributed by atoms with Crippen molar-refractivity contribution in [1.82, 2.24) is 0 Å². The lowest BCUT2D eigenvalue weighted by atomic mass is 9.79. The van der Waals surface area contributed by atoms with Gasteiger partial charge in [-0.1, -0.05) is 37.3 Å². The lowest BCUT2D eigenvalue weighted by Gasteiger charge is -2.32. The van der Waals surface area contributed by atoms with Gasteiger partial charge in [0, 0.05) is 31.6 Å². The summed E-state index contributed by atoms with van der Waals surface area (Å²) in [5.74, 6) is 0. The van der Waals surface area contributed by atoms with E-state index in [0.717, 1.165) is 6.42 Å². The molecule has 0 bridgehead atoms. The van der Waals surface area contributed by atoms with Crippen LogP contribution < -0.4 is 5.73 Å². The molecule has 0 amide bonds. The van der Waals surface area contributed by atoms with Crippen LogP contribution in [0.25, 0.3) is 0 Å². The first-order chi connectivity index (χ1) is 8.66. The summed E-state index contributed by atoms with van der Waals surface area (Å²) in [6.07, 6.45) is 0.587. The van der Waals surface area contributed by atoms with Crippen molar-refractivity contribution in [1.29, 1.82) is 0 Å². The highest BCUT2D eigenvalue weighted by Gasteiger charge is 2.29. The summed E-state index contributed by atoms with van der Waals surface area (Å²) in [6.45, 7) is 8.00. The Kier molecular flexibility index (Phi) is 6.33. The molecule has 1 aromatic rings. The summed E-state index contributed by atoms with van der Waals surface area (Å²) in [6, 6.07) is 10.3. The van der Waals surface area contributed by atoms with Crippen LogP contribution in [0.4, 0.5) is 0 Å². The zero-order chi connectivity index (χ0) is 13.4. The molecule has 0 aliphatic heterocycles. The molecule has 0 spiro atoms. The molecule has 1 aromatic carbocycles. The monoisotopic (exact) mass is 251 g/mol. The molecule has 18 heavy (non-hydrogen) atoms. The molecule has 1 atom stereocenters. The zero-order valence-corrected chi connectivity index (χ0v) is 11.7. The lowest BCUT2D eigenvalue weighted by Crippen LogP contribution is -2.37. The third-order valence-electron chi connectivity index (χ3n) is 3.24. The summed E-state index contributed by atoms with van der Waals surface area (Å²) in [5, 5.41) is 0. The first kappa shape index (κ1) is 15.2. The minimum atomic E-state index is -0.186. The van der Waals surface area contributed by atoms with Crippen LogP contribution in [0.15, 0.2) is 30.3 Å². The smallest absolute Gasteiger partial charge is 0.158 e. The number of benzene rings is 1. The molecule has 1 rings (SSSR count). The molecule has 3 nitrogen and oxygen atoms in total. The predicted molar refractivity (Wildman–Crippen MR) is 74.5 cm³/mol. The zero-order valence-electron chi connectivity index (χ0n) is 11.7. The molecule has 0 aliphatic carbocycles. The Balaban J connectivity index is 2.80. The minimum absolute atomic E-state index is 0.115. The van der Waals surface area contributed by atoms with Gasteiger partial charge in [0.2, 0.25) is 0 Å². The van der Waals surface area contributed by atoms with Gasteiger partial charge in [0.25, 0.3) is 0 Å². The fraction of sp³-hybridized carbons (Fsp3) is 0.600. The van der Waals surface area contributed by atoms with Crippen LogP contribution in [-0.4, -0.2) is 26.0 Å². The van der Waals surface area contributed by atoms with Crippen molar-refractivity contribution in [3.8, 4) is 0 Å². The van der Waals surface area contributed by atoms with Gasteiger partial charge < -0.3 is 15.2 Å². The molecule has 0 aromatic heterocycles. The van der Waals surface area contributed by atoms with E-state index in [4.69, 9.17) is 15.2 Å². The van der Waals surface area contributed by atoms with Crippen molar-refractivity contribution in [3.05, 3.63) is 35.9 Å². The van der Waals surface area contributed by atoms with Crippen molar-refractivity contribution in [2.45, 2.75) is 38.9 Å². The van der Waals surface area contributed by atoms with Gasteiger partial charge in [-0.05, 0) is 19.4 Å². The van der Waals surface area contributed by atoms with E-state index in [2.05, 4.69) is 19.1 Å². The Labute approximate surface area is 110 Å². The molecule has 2 N–H and O–H groups in total. The summed E-state index contributed by atoms with van der Waals surface area (Å²) in [7, 11) is 0. The average Bonchev–Trinajstić information content (AvgIpc) is 2.40. The van der Waals surface area contributed by atoms with Crippen LogP contribution >= 0.6 is 0 Å². The highest BCUT2D eigenvalue weighted by atomic mass is 16.7. The normalized spacial score (nSPS) is 14.7. The maximum atomic E-state index is 5.97. The van der Waals surface area contributed by atoms with Gasteiger partial charge in [-0.15, -0.1) is 0 Å². The molecule has 0 radical (unpaired) electrons. The first-order valence-corrected chi connectivity index (χ1v) is 6.65. The standard InChI is InChI=1S/C15H25NO2/c1-4-17-14(18-5-2)11-15(3,12-16)13-9-7-6-8-10-13/h6-10,14H,4-5,11-12,16H2,1-3H3. The fourth-order valence-corrected chi connectivity index (χ4v) is 2.07. The number of nitrogens with two attached hydrogens (primary N) is 1. The van der Waals surface area contributed by atoms with Crippen LogP contribution in [-0.2, 0) is 14.9 Å². The Hall–Kier alpha value is -0.900. The van der Waals surface area contributed by atoms with Crippen LogP contribution in [0.3, 0.4) is 0 Å². The summed E-state index contributed by atoms with van der Waals surface area (Å²) in [4.78, 5) is 0. The second kappa shape index (κ2) is 7.52. The van der Waals surface area contributed by atoms with Gasteiger partial charge in [-0.2, -0.15) is 0 Å². The Bertz CT molecular complexity index is 323. The van der Waals surface area contributed by atoms with Gasteiger partial charge >= 0.3 is 0 Å². The highest BCUT2D eigenvalue weighted by molar-refractivity contribution is 5.25. The molecule has 1 unspecified atom stereocenters. The van der Waals surface area contributed by atoms with Crippen LogP contribution in [0.1, 0.15) is 32.8 Å². The molecule has 0 saturated carbocycles. The number of hydrogen-bond donors (Lipinski definition) is 1. The molecule has 3 heteroatoms. The van der Waals surface area contributed by atoms with E-state index in [0.29, 0.717) is 19.8 Å². The van der Waals surface area contributed by atoms with Gasteiger partial charge in [0.15, 0.2) is 6.29 Å². The summed E-state index contributed by atoms with van der Waals surface area (Å²) >= 11 is 0. The van der Waals surface area contributed by atoms with E-state index in [-0.39, 0.29) is 11.7 Å². The Morgan fingerprint density at radius 3 is 2.11 bits per heavy atom. The lowest BCUT2D eigenvalue weighted by molar-refractivity contribution is -0.147. The third-order valence-corrected chi connectivity index (χ3v) is 3.24. The SMILES string of the molecule is CCOC(CC(C)(CN)c1ccccc1)OCC. The van der Waals surface area contributed by atoms with E-state index in [1.165, 1.54) is 5.56 Å². The minimum Gasteiger partial charge on any atom is -0.353 e. The van der Waals surface area contributed by atoms with E-state index < -0.39 is 0 Å². The number of rotatable bonds is 8. The van der Waals surface area contributed by atoms with Gasteiger partial charge in [0.1, 0.15) is 0 Å². The van der Waals surface area contributed by atoms with E-state index in [9.17, 15) is 0 Å². The van der Waals surface area contributed by atoms with Gasteiger partial charge in [0.05, 0.1) is 0 Å². The maximum absolute atomic E-state index is 5.97. The summed E-state index contributed by atoms with van der Waals surface area (Å²) < 4.78 is 11.2. The quantitative estimate of drug-likeness (QED) is 0.722. The predicted octanol–water partition coefficient (Wildman–Crippen LogP) is 2.69. The van der Waals surface area contributed by atoms with E-state index >= 15 is 0 Å². The molecule has 102 valence electrons. The Morgan fingerprint density at radius 2 is 1.67 bits per heavy atom. The summed E-state index contributed by atoms with van der Waals surface area (Å²) in [5.41, 5.74) is 7.09. The van der Waals surface area contributed by atoms with Crippen molar-refractivity contribution in [2.24, 2.45) is 5.73 Å².